The summed E-state index contributed by atoms with van der Waals surface area (Å²) in [5.41, 5.74) is 3.09. The topological polar surface area (TPSA) is 47.6 Å². The quantitative estimate of drug-likeness (QED) is 0.228. The van der Waals surface area contributed by atoms with Crippen molar-refractivity contribution >= 4 is 14.0 Å². The molecule has 180 valence electrons. The first-order chi connectivity index (χ1) is 15.0. The third kappa shape index (κ3) is 11.9. The maximum atomic E-state index is 11.9. The molecule has 1 rings (SSSR count). The zero-order valence-corrected chi connectivity index (χ0v) is 22.6. The Bertz CT molecular complexity index is 743. The van der Waals surface area contributed by atoms with Crippen LogP contribution in [0.5, 0.6) is 0 Å². The molecule has 0 aromatic heterocycles. The first kappa shape index (κ1) is 28.4. The van der Waals surface area contributed by atoms with Crippen LogP contribution in [0.2, 0.25) is 25.2 Å². The predicted molar refractivity (Wildman–Crippen MR) is 138 cm³/mol. The third-order valence-corrected chi connectivity index (χ3v) is 8.67. The van der Waals surface area contributed by atoms with Crippen LogP contribution in [0.1, 0.15) is 58.3 Å². The summed E-state index contributed by atoms with van der Waals surface area (Å²) in [6.07, 6.45) is 2.33. The van der Waals surface area contributed by atoms with Gasteiger partial charge in [0.15, 0.2) is 0 Å². The van der Waals surface area contributed by atoms with E-state index < -0.39 is 8.07 Å². The second kappa shape index (κ2) is 14.5. The molecular weight excluding hydrogens is 414 g/mol. The highest BCUT2D eigenvalue weighted by Gasteiger charge is 2.31. The number of ether oxygens (including phenoxy) is 2. The lowest BCUT2D eigenvalue weighted by Crippen LogP contribution is -2.32. The van der Waals surface area contributed by atoms with E-state index in [1.165, 1.54) is 17.5 Å². The lowest BCUT2D eigenvalue weighted by Gasteiger charge is -2.33. The van der Waals surface area contributed by atoms with Crippen molar-refractivity contribution in [3.63, 3.8) is 0 Å². The van der Waals surface area contributed by atoms with Crippen molar-refractivity contribution in [2.45, 2.75) is 78.7 Å². The normalized spacial score (nSPS) is 13.6. The molecule has 1 N–H and O–H groups in total. The lowest BCUT2D eigenvalue weighted by molar-refractivity contribution is -0.126. The van der Waals surface area contributed by atoms with Crippen molar-refractivity contribution in [2.75, 3.05) is 26.4 Å². The molecule has 0 saturated heterocycles. The summed E-state index contributed by atoms with van der Waals surface area (Å²) in [7, 11) is -1.42. The van der Waals surface area contributed by atoms with Gasteiger partial charge in [0.05, 0.1) is 33.9 Å². The van der Waals surface area contributed by atoms with E-state index in [1.807, 2.05) is 13.8 Å². The second-order valence-corrected chi connectivity index (χ2v) is 16.1. The largest absolute Gasteiger partial charge is 0.371 e. The number of carbonyl (C=O) groups is 1. The van der Waals surface area contributed by atoms with Crippen LogP contribution in [0.4, 0.5) is 0 Å². The summed E-state index contributed by atoms with van der Waals surface area (Å²) >= 11 is 0. The maximum Gasteiger partial charge on any atom is 0.246 e. The molecule has 32 heavy (non-hydrogen) atoms. The van der Waals surface area contributed by atoms with E-state index in [2.05, 4.69) is 81.8 Å². The first-order valence-electron chi connectivity index (χ1n) is 12.0. The van der Waals surface area contributed by atoms with Gasteiger partial charge in [0.25, 0.3) is 0 Å². The number of rotatable bonds is 13. The van der Waals surface area contributed by atoms with Crippen molar-refractivity contribution in [1.82, 2.24) is 5.32 Å². The molecule has 0 bridgehead atoms. The second-order valence-electron chi connectivity index (χ2n) is 10.4. The minimum Gasteiger partial charge on any atom is -0.371 e. The Morgan fingerprint density at radius 1 is 1.09 bits per heavy atom. The van der Waals surface area contributed by atoms with E-state index >= 15 is 0 Å². The Balaban J connectivity index is 2.62. The van der Waals surface area contributed by atoms with Gasteiger partial charge in [-0.2, -0.15) is 0 Å². The molecule has 0 radical (unpaired) electrons. The van der Waals surface area contributed by atoms with Gasteiger partial charge in [-0.15, -0.1) is 0 Å². The molecule has 0 heterocycles. The van der Waals surface area contributed by atoms with E-state index in [-0.39, 0.29) is 18.6 Å². The monoisotopic (exact) mass is 459 g/mol. The van der Waals surface area contributed by atoms with Crippen molar-refractivity contribution in [2.24, 2.45) is 11.8 Å². The minimum atomic E-state index is -1.42. The zero-order chi connectivity index (χ0) is 24.1. The molecule has 0 fully saturated rings. The standard InChI is InChI=1S/C27H45NO3Si/c1-21(2)11-10-16-28-26(29)20-30-17-18-31-27(23(5)32(6,7)8)25-13-9-12-24(19-25)15-14-22(3)4/h9,12-13,19,21-23,27H,14-18,20H2,1-8H3,(H,28,29). The fourth-order valence-electron chi connectivity index (χ4n) is 3.21. The highest BCUT2D eigenvalue weighted by Crippen LogP contribution is 2.38. The Labute approximate surface area is 197 Å². The average molecular weight is 460 g/mol. The minimum absolute atomic E-state index is 0.0334. The van der Waals surface area contributed by atoms with Crippen LogP contribution in [-0.4, -0.2) is 40.3 Å². The molecule has 2 unspecified atom stereocenters. The molecule has 1 aromatic carbocycles. The maximum absolute atomic E-state index is 11.9. The molecule has 5 heteroatoms. The molecule has 4 nitrogen and oxygen atoms in total. The number of benzene rings is 1. The van der Waals surface area contributed by atoms with E-state index in [4.69, 9.17) is 9.47 Å². The number of hydrogen-bond donors (Lipinski definition) is 1. The molecular formula is C27H45NO3Si. The highest BCUT2D eigenvalue weighted by atomic mass is 28.3. The fourth-order valence-corrected chi connectivity index (χ4v) is 4.41. The van der Waals surface area contributed by atoms with Gasteiger partial charge in [-0.05, 0) is 35.4 Å². The van der Waals surface area contributed by atoms with E-state index in [0.717, 1.165) is 6.42 Å². The van der Waals surface area contributed by atoms with Crippen molar-refractivity contribution < 1.29 is 14.3 Å². The average Bonchev–Trinajstić information content (AvgIpc) is 2.71. The van der Waals surface area contributed by atoms with Gasteiger partial charge in [0, 0.05) is 5.92 Å². The van der Waals surface area contributed by atoms with Gasteiger partial charge in [-0.1, -0.05) is 90.4 Å². The summed E-state index contributed by atoms with van der Waals surface area (Å²) in [6, 6.07) is 8.87. The summed E-state index contributed by atoms with van der Waals surface area (Å²) in [5.74, 6) is 6.82. The number of hydrogen-bond acceptors (Lipinski definition) is 3. The molecule has 0 aliphatic carbocycles. The van der Waals surface area contributed by atoms with Crippen LogP contribution < -0.4 is 5.32 Å². The fraction of sp³-hybridized carbons (Fsp3) is 0.667. The number of aryl methyl sites for hydroxylation is 1. The van der Waals surface area contributed by atoms with E-state index in [1.54, 1.807) is 0 Å². The summed E-state index contributed by atoms with van der Waals surface area (Å²) in [4.78, 5) is 11.9. The number of amides is 1. The van der Waals surface area contributed by atoms with Gasteiger partial charge in [0.1, 0.15) is 6.61 Å². The zero-order valence-electron chi connectivity index (χ0n) is 21.6. The predicted octanol–water partition coefficient (Wildman–Crippen LogP) is 5.85. The Kier molecular flexibility index (Phi) is 12.9. The molecule has 1 amide bonds. The Morgan fingerprint density at radius 3 is 2.44 bits per heavy atom. The van der Waals surface area contributed by atoms with E-state index in [0.29, 0.717) is 37.1 Å². The molecule has 0 saturated carbocycles. The van der Waals surface area contributed by atoms with Gasteiger partial charge < -0.3 is 14.8 Å². The lowest BCUT2D eigenvalue weighted by atomic mass is 9.98. The van der Waals surface area contributed by atoms with Gasteiger partial charge in [0.2, 0.25) is 5.91 Å². The smallest absolute Gasteiger partial charge is 0.246 e. The van der Waals surface area contributed by atoms with Crippen molar-refractivity contribution in [1.29, 1.82) is 0 Å². The van der Waals surface area contributed by atoms with Gasteiger partial charge in [-0.25, -0.2) is 0 Å². The van der Waals surface area contributed by atoms with Gasteiger partial charge in [-0.3, -0.25) is 4.79 Å². The Morgan fingerprint density at radius 2 is 1.81 bits per heavy atom. The molecule has 0 aliphatic rings. The Hall–Kier alpha value is -1.61. The van der Waals surface area contributed by atoms with Crippen LogP contribution in [0.3, 0.4) is 0 Å². The van der Waals surface area contributed by atoms with Crippen molar-refractivity contribution in [3.05, 3.63) is 35.4 Å². The van der Waals surface area contributed by atoms with Crippen LogP contribution in [0, 0.1) is 23.7 Å². The van der Waals surface area contributed by atoms with Crippen LogP contribution >= 0.6 is 0 Å². The SMILES string of the molecule is CC(C)C#CCNC(=O)COCCOC(c1cccc(CCC(C)C)c1)C(C)[Si](C)(C)C. The molecule has 2 atom stereocenters. The third-order valence-electron chi connectivity index (χ3n) is 5.63. The summed E-state index contributed by atoms with van der Waals surface area (Å²) in [5, 5.41) is 2.75. The highest BCUT2D eigenvalue weighted by molar-refractivity contribution is 6.77. The van der Waals surface area contributed by atoms with E-state index in [9.17, 15) is 4.79 Å². The van der Waals surface area contributed by atoms with Crippen LogP contribution in [0.25, 0.3) is 0 Å². The first-order valence-corrected chi connectivity index (χ1v) is 15.6. The van der Waals surface area contributed by atoms with Crippen LogP contribution in [0.15, 0.2) is 24.3 Å². The number of nitrogens with one attached hydrogen (secondary N) is 1. The molecule has 0 spiro atoms. The summed E-state index contributed by atoms with van der Waals surface area (Å²) in [6.45, 7) is 19.3. The van der Waals surface area contributed by atoms with Gasteiger partial charge >= 0.3 is 0 Å². The molecule has 0 aliphatic heterocycles. The number of carbonyl (C=O) groups excluding carboxylic acids is 1. The summed E-state index contributed by atoms with van der Waals surface area (Å²) < 4.78 is 11.9. The van der Waals surface area contributed by atoms with Crippen LogP contribution in [-0.2, 0) is 20.7 Å². The molecule has 1 aromatic rings. The van der Waals surface area contributed by atoms with Crippen molar-refractivity contribution in [3.8, 4) is 11.8 Å².